The zero-order valence-corrected chi connectivity index (χ0v) is 30.1. The van der Waals surface area contributed by atoms with Gasteiger partial charge in [0.1, 0.15) is 12.1 Å². The highest BCUT2D eigenvalue weighted by atomic mass is 35.5. The SMILES string of the molecule is C/C(=C\C(C(C)C)N(C)C(=O)C(NC(=O)[C@H]1CCCCN1C(C)C)C(C)(C)C)C(=O)N1CCCC1C(=O)NCc1ccc(Cl)cc1. The quantitative estimate of drug-likeness (QED) is 0.320. The number of hydrogen-bond acceptors (Lipinski definition) is 5. The number of likely N-dealkylation sites (tertiary alicyclic amines) is 2. The average molecular weight is 658 g/mol. The van der Waals surface area contributed by atoms with Crippen molar-refractivity contribution in [2.24, 2.45) is 11.3 Å². The topological polar surface area (TPSA) is 102 Å². The Morgan fingerprint density at radius 3 is 2.17 bits per heavy atom. The first-order valence-corrected chi connectivity index (χ1v) is 17.2. The fraction of sp³-hybridized carbons (Fsp3) is 0.667. The van der Waals surface area contributed by atoms with Gasteiger partial charge < -0.3 is 20.4 Å². The van der Waals surface area contributed by atoms with Crippen molar-refractivity contribution in [1.29, 1.82) is 0 Å². The van der Waals surface area contributed by atoms with E-state index in [4.69, 9.17) is 11.6 Å². The van der Waals surface area contributed by atoms with Crippen LogP contribution in [0.1, 0.15) is 93.1 Å². The third-order valence-corrected chi connectivity index (χ3v) is 9.59. The van der Waals surface area contributed by atoms with E-state index in [1.165, 1.54) is 0 Å². The van der Waals surface area contributed by atoms with Gasteiger partial charge in [-0.1, -0.05) is 70.8 Å². The van der Waals surface area contributed by atoms with Crippen LogP contribution in [0.5, 0.6) is 0 Å². The molecule has 0 saturated carbocycles. The predicted molar refractivity (Wildman–Crippen MR) is 184 cm³/mol. The van der Waals surface area contributed by atoms with Gasteiger partial charge in [-0.2, -0.15) is 0 Å². The Balaban J connectivity index is 1.74. The van der Waals surface area contributed by atoms with Gasteiger partial charge in [-0.05, 0) is 82.0 Å². The van der Waals surface area contributed by atoms with Crippen LogP contribution >= 0.6 is 11.6 Å². The lowest BCUT2D eigenvalue weighted by Gasteiger charge is -2.41. The molecule has 2 heterocycles. The van der Waals surface area contributed by atoms with Crippen LogP contribution in [0.15, 0.2) is 35.9 Å². The third-order valence-electron chi connectivity index (χ3n) is 9.34. The number of amides is 4. The zero-order chi connectivity index (χ0) is 34.3. The number of nitrogens with one attached hydrogen (secondary N) is 2. The van der Waals surface area contributed by atoms with Crippen molar-refractivity contribution in [1.82, 2.24) is 25.3 Å². The number of carbonyl (C=O) groups excluding carboxylic acids is 4. The molecule has 0 aliphatic carbocycles. The van der Waals surface area contributed by atoms with Crippen molar-refractivity contribution in [3.8, 4) is 0 Å². The molecular weight excluding hydrogens is 602 g/mol. The number of carbonyl (C=O) groups is 4. The summed E-state index contributed by atoms with van der Waals surface area (Å²) in [4.78, 5) is 60.2. The van der Waals surface area contributed by atoms with E-state index in [0.29, 0.717) is 30.1 Å². The fourth-order valence-electron chi connectivity index (χ4n) is 6.59. The highest BCUT2D eigenvalue weighted by Gasteiger charge is 2.40. The Bertz CT molecular complexity index is 1260. The Morgan fingerprint density at radius 2 is 1.59 bits per heavy atom. The fourth-order valence-corrected chi connectivity index (χ4v) is 6.71. The summed E-state index contributed by atoms with van der Waals surface area (Å²) >= 11 is 5.98. The lowest BCUT2D eigenvalue weighted by atomic mass is 9.84. The summed E-state index contributed by atoms with van der Waals surface area (Å²) in [7, 11) is 1.75. The molecule has 1 aromatic rings. The van der Waals surface area contributed by atoms with E-state index in [-0.39, 0.29) is 47.7 Å². The van der Waals surface area contributed by atoms with Crippen molar-refractivity contribution in [3.63, 3.8) is 0 Å². The van der Waals surface area contributed by atoms with Gasteiger partial charge in [-0.3, -0.25) is 24.1 Å². The number of hydrogen-bond donors (Lipinski definition) is 2. The Labute approximate surface area is 281 Å². The second kappa shape index (κ2) is 16.3. The monoisotopic (exact) mass is 657 g/mol. The molecule has 2 fully saturated rings. The van der Waals surface area contributed by atoms with Gasteiger partial charge in [0, 0.05) is 36.8 Å². The molecule has 4 amide bonds. The summed E-state index contributed by atoms with van der Waals surface area (Å²) in [5.41, 5.74) is 0.885. The molecular formula is C36H56ClN5O4. The van der Waals surface area contributed by atoms with Gasteiger partial charge in [-0.25, -0.2) is 0 Å². The first kappa shape index (κ1) is 37.5. The van der Waals surface area contributed by atoms with Crippen molar-refractivity contribution in [2.75, 3.05) is 20.1 Å². The summed E-state index contributed by atoms with van der Waals surface area (Å²) in [5, 5.41) is 6.73. The predicted octanol–water partition coefficient (Wildman–Crippen LogP) is 5.17. The van der Waals surface area contributed by atoms with Crippen molar-refractivity contribution >= 4 is 35.2 Å². The molecule has 4 atom stereocenters. The van der Waals surface area contributed by atoms with Crippen LogP contribution in [0.2, 0.25) is 5.02 Å². The molecule has 2 N–H and O–H groups in total. The minimum atomic E-state index is -0.737. The van der Waals surface area contributed by atoms with Gasteiger partial charge in [0.2, 0.25) is 23.6 Å². The minimum Gasteiger partial charge on any atom is -0.350 e. The summed E-state index contributed by atoms with van der Waals surface area (Å²) in [6.45, 7) is 17.6. The van der Waals surface area contributed by atoms with Crippen LogP contribution in [0.3, 0.4) is 0 Å². The van der Waals surface area contributed by atoms with E-state index in [1.54, 1.807) is 35.9 Å². The Kier molecular flexibility index (Phi) is 13.3. The first-order chi connectivity index (χ1) is 21.5. The highest BCUT2D eigenvalue weighted by Crippen LogP contribution is 2.27. The normalized spacial score (nSPS) is 20.9. The molecule has 46 heavy (non-hydrogen) atoms. The summed E-state index contributed by atoms with van der Waals surface area (Å²) in [6.07, 6.45) is 6.02. The molecule has 3 unspecified atom stereocenters. The minimum absolute atomic E-state index is 0.000142. The summed E-state index contributed by atoms with van der Waals surface area (Å²) in [5.74, 6) is -0.683. The molecule has 1 aromatic carbocycles. The maximum atomic E-state index is 14.1. The van der Waals surface area contributed by atoms with Gasteiger partial charge >= 0.3 is 0 Å². The molecule has 2 saturated heterocycles. The zero-order valence-electron chi connectivity index (χ0n) is 29.4. The van der Waals surface area contributed by atoms with Gasteiger partial charge in [0.15, 0.2) is 0 Å². The number of halogens is 1. The van der Waals surface area contributed by atoms with Gasteiger partial charge in [0.25, 0.3) is 0 Å². The van der Waals surface area contributed by atoms with E-state index < -0.39 is 17.5 Å². The molecule has 3 rings (SSSR count). The van der Waals surface area contributed by atoms with Crippen molar-refractivity contribution in [3.05, 3.63) is 46.5 Å². The standard InChI is InChI=1S/C36H56ClN5O4/c1-23(2)30(40(9)35(46)31(36(6,7)8)39-33(44)29-13-10-11-19-41(29)24(3)4)21-25(5)34(45)42-20-12-14-28(42)32(43)38-22-26-15-17-27(37)18-16-26/h15-18,21,23-24,28-31H,10-14,19-20,22H2,1-9H3,(H,38,43)(H,39,44)/b25-21+/t28?,29-,30?,31?/m1/s1. The van der Waals surface area contributed by atoms with Crippen LogP contribution in [0.4, 0.5) is 0 Å². The lowest BCUT2D eigenvalue weighted by Crippen LogP contribution is -2.60. The lowest BCUT2D eigenvalue weighted by molar-refractivity contribution is -0.142. The second-order valence-electron chi connectivity index (χ2n) is 14.7. The van der Waals surface area contributed by atoms with Crippen LogP contribution in [0.25, 0.3) is 0 Å². The van der Waals surface area contributed by atoms with Gasteiger partial charge in [-0.15, -0.1) is 0 Å². The number of nitrogens with zero attached hydrogens (tertiary/aromatic N) is 3. The largest absolute Gasteiger partial charge is 0.350 e. The smallest absolute Gasteiger partial charge is 0.249 e. The van der Waals surface area contributed by atoms with Crippen LogP contribution in [-0.2, 0) is 25.7 Å². The van der Waals surface area contributed by atoms with E-state index in [2.05, 4.69) is 29.4 Å². The first-order valence-electron chi connectivity index (χ1n) is 16.9. The number of likely N-dealkylation sites (N-methyl/N-ethyl adjacent to an activating group) is 1. The molecule has 0 spiro atoms. The third kappa shape index (κ3) is 9.57. The number of benzene rings is 1. The molecule has 256 valence electrons. The maximum absolute atomic E-state index is 14.1. The van der Waals surface area contributed by atoms with Crippen LogP contribution in [0, 0.1) is 11.3 Å². The number of piperidine rings is 1. The maximum Gasteiger partial charge on any atom is 0.249 e. The van der Waals surface area contributed by atoms with E-state index in [9.17, 15) is 19.2 Å². The molecule has 2 aliphatic heterocycles. The second-order valence-corrected chi connectivity index (χ2v) is 15.1. The van der Waals surface area contributed by atoms with Crippen LogP contribution < -0.4 is 10.6 Å². The van der Waals surface area contributed by atoms with E-state index in [0.717, 1.165) is 37.8 Å². The molecule has 0 aromatic heterocycles. The molecule has 9 nitrogen and oxygen atoms in total. The Hall–Kier alpha value is -2.91. The Morgan fingerprint density at radius 1 is 0.957 bits per heavy atom. The average Bonchev–Trinajstić information content (AvgIpc) is 3.50. The summed E-state index contributed by atoms with van der Waals surface area (Å²) < 4.78 is 0. The van der Waals surface area contributed by atoms with E-state index >= 15 is 0 Å². The molecule has 0 radical (unpaired) electrons. The van der Waals surface area contributed by atoms with Crippen molar-refractivity contribution in [2.45, 2.75) is 124 Å². The number of rotatable bonds is 11. The highest BCUT2D eigenvalue weighted by molar-refractivity contribution is 6.30. The van der Waals surface area contributed by atoms with E-state index in [1.807, 2.05) is 52.8 Å². The molecule has 2 aliphatic rings. The molecule has 0 bridgehead atoms. The van der Waals surface area contributed by atoms with Crippen LogP contribution in [-0.4, -0.2) is 88.7 Å². The van der Waals surface area contributed by atoms with Crippen molar-refractivity contribution < 1.29 is 19.2 Å². The summed E-state index contributed by atoms with van der Waals surface area (Å²) in [6, 6.07) is 5.60. The van der Waals surface area contributed by atoms with Gasteiger partial charge in [0.05, 0.1) is 12.1 Å². The molecule has 10 heteroatoms.